The third kappa shape index (κ3) is 5.55. The highest BCUT2D eigenvalue weighted by molar-refractivity contribution is 5.56. The number of rotatable bonds is 9. The molecule has 47 heavy (non-hydrogen) atoms. The standard InChI is InChI=1S/C42H61FN2O2/c1-10-11-31-25-42(36-24-37(46)45(44(36)8)26-30-12-14-32(43)15-13-30)23-20-34-33(39(42)38(31)27(2)3)16-17-35-40(6,22-19-29(5)47-9)28(4)18-21-41(34,35)7/h11-15,24,27-29,33-35H,10,16-23,25-26H2,1-9H3/b31-11-. The van der Waals surface area contributed by atoms with Crippen LogP contribution < -0.4 is 5.56 Å². The van der Waals surface area contributed by atoms with E-state index in [2.05, 4.69) is 66.3 Å². The quantitative estimate of drug-likeness (QED) is 0.272. The molecule has 1 aromatic heterocycles. The van der Waals surface area contributed by atoms with E-state index >= 15 is 0 Å². The molecule has 0 radical (unpaired) electrons. The van der Waals surface area contributed by atoms with E-state index in [-0.39, 0.29) is 16.8 Å². The van der Waals surface area contributed by atoms with Crippen LogP contribution >= 0.6 is 0 Å². The van der Waals surface area contributed by atoms with Crippen LogP contribution in [0.15, 0.2) is 57.9 Å². The summed E-state index contributed by atoms with van der Waals surface area (Å²) < 4.78 is 23.5. The van der Waals surface area contributed by atoms with E-state index in [1.165, 1.54) is 61.9 Å². The molecule has 0 N–H and O–H groups in total. The fourth-order valence-corrected chi connectivity index (χ4v) is 11.7. The number of hydrogen-bond donors (Lipinski definition) is 0. The third-order valence-electron chi connectivity index (χ3n) is 14.3. The number of aromatic nitrogens is 2. The highest BCUT2D eigenvalue weighted by atomic mass is 19.1. The molecular formula is C42H61FN2O2. The van der Waals surface area contributed by atoms with Crippen molar-refractivity contribution in [2.45, 2.75) is 131 Å². The molecule has 0 saturated heterocycles. The molecule has 0 amide bonds. The van der Waals surface area contributed by atoms with Gasteiger partial charge in [0, 0.05) is 25.6 Å². The molecule has 258 valence electrons. The Labute approximate surface area is 283 Å². The fraction of sp³-hybridized carbons (Fsp3) is 0.690. The number of nitrogens with zero attached hydrogens (tertiary/aromatic N) is 2. The number of ether oxygens (including phenoxy) is 1. The molecule has 3 saturated carbocycles. The maximum Gasteiger partial charge on any atom is 0.267 e. The van der Waals surface area contributed by atoms with Gasteiger partial charge in [0.25, 0.3) is 5.56 Å². The molecule has 1 heterocycles. The second kappa shape index (κ2) is 12.8. The maximum absolute atomic E-state index is 13.8. The average molecular weight is 645 g/mol. The van der Waals surface area contributed by atoms with Crippen molar-refractivity contribution in [3.05, 3.63) is 80.6 Å². The summed E-state index contributed by atoms with van der Waals surface area (Å²) in [5.41, 5.74) is 7.48. The maximum atomic E-state index is 13.8. The van der Waals surface area contributed by atoms with Gasteiger partial charge in [0.15, 0.2) is 0 Å². The lowest BCUT2D eigenvalue weighted by molar-refractivity contribution is -0.138. The Balaban J connectivity index is 1.44. The lowest BCUT2D eigenvalue weighted by Gasteiger charge is -2.65. The molecule has 4 nitrogen and oxygen atoms in total. The molecule has 0 bridgehead atoms. The molecular weight excluding hydrogens is 583 g/mol. The van der Waals surface area contributed by atoms with E-state index in [1.54, 1.807) is 23.3 Å². The van der Waals surface area contributed by atoms with Crippen molar-refractivity contribution < 1.29 is 9.13 Å². The summed E-state index contributed by atoms with van der Waals surface area (Å²) in [5.74, 6) is 2.88. The van der Waals surface area contributed by atoms with Crippen LogP contribution in [-0.2, 0) is 23.7 Å². The molecule has 0 aliphatic heterocycles. The van der Waals surface area contributed by atoms with Crippen LogP contribution in [0.25, 0.3) is 0 Å². The molecule has 8 atom stereocenters. The molecule has 0 spiro atoms. The number of hydrogen-bond acceptors (Lipinski definition) is 2. The van der Waals surface area contributed by atoms with Gasteiger partial charge in [-0.15, -0.1) is 0 Å². The molecule has 1 aromatic carbocycles. The number of halogens is 1. The zero-order valence-electron chi connectivity index (χ0n) is 30.8. The lowest BCUT2D eigenvalue weighted by atomic mass is 9.40. The predicted molar refractivity (Wildman–Crippen MR) is 191 cm³/mol. The Morgan fingerprint density at radius 3 is 2.45 bits per heavy atom. The van der Waals surface area contributed by atoms with Crippen molar-refractivity contribution in [1.82, 2.24) is 9.36 Å². The highest BCUT2D eigenvalue weighted by Gasteiger charge is 2.63. The van der Waals surface area contributed by atoms with E-state index < -0.39 is 0 Å². The van der Waals surface area contributed by atoms with Gasteiger partial charge in [0.05, 0.1) is 18.3 Å². The largest absolute Gasteiger partial charge is 0.382 e. The zero-order chi connectivity index (χ0) is 33.9. The minimum Gasteiger partial charge on any atom is -0.382 e. The molecule has 4 aliphatic carbocycles. The molecule has 3 fully saturated rings. The van der Waals surface area contributed by atoms with Crippen LogP contribution in [0.2, 0.25) is 0 Å². The number of fused-ring (bicyclic) bond motifs is 5. The molecule has 2 aromatic rings. The summed E-state index contributed by atoms with van der Waals surface area (Å²) in [5, 5.41) is 0. The van der Waals surface area contributed by atoms with Gasteiger partial charge in [-0.05, 0) is 140 Å². The Morgan fingerprint density at radius 2 is 1.79 bits per heavy atom. The molecule has 4 aliphatic rings. The van der Waals surface area contributed by atoms with E-state index in [9.17, 15) is 9.18 Å². The minimum absolute atomic E-state index is 0.0414. The monoisotopic (exact) mass is 644 g/mol. The summed E-state index contributed by atoms with van der Waals surface area (Å²) in [4.78, 5) is 13.8. The smallest absolute Gasteiger partial charge is 0.267 e. The first-order chi connectivity index (χ1) is 22.3. The Hall–Kier alpha value is -2.40. The van der Waals surface area contributed by atoms with Gasteiger partial charge in [-0.25, -0.2) is 9.07 Å². The first-order valence-electron chi connectivity index (χ1n) is 18.8. The van der Waals surface area contributed by atoms with E-state index in [1.807, 2.05) is 17.9 Å². The van der Waals surface area contributed by atoms with E-state index in [0.29, 0.717) is 41.2 Å². The van der Waals surface area contributed by atoms with Crippen molar-refractivity contribution in [1.29, 1.82) is 0 Å². The van der Waals surface area contributed by atoms with Crippen molar-refractivity contribution in [2.24, 2.45) is 47.5 Å². The van der Waals surface area contributed by atoms with Gasteiger partial charge < -0.3 is 4.74 Å². The van der Waals surface area contributed by atoms with Crippen LogP contribution in [0.5, 0.6) is 0 Å². The van der Waals surface area contributed by atoms with Crippen LogP contribution in [-0.4, -0.2) is 22.6 Å². The third-order valence-corrected chi connectivity index (χ3v) is 14.3. The Bertz CT molecular complexity index is 1580. The van der Waals surface area contributed by atoms with Gasteiger partial charge in [-0.3, -0.25) is 9.48 Å². The van der Waals surface area contributed by atoms with Crippen LogP contribution in [0.3, 0.4) is 0 Å². The number of allylic oxidation sites excluding steroid dienone is 4. The zero-order valence-corrected chi connectivity index (χ0v) is 30.8. The lowest BCUT2D eigenvalue weighted by Crippen LogP contribution is -2.57. The van der Waals surface area contributed by atoms with Gasteiger partial charge in [0.2, 0.25) is 0 Å². The van der Waals surface area contributed by atoms with Crippen molar-refractivity contribution in [3.8, 4) is 0 Å². The fourth-order valence-electron chi connectivity index (χ4n) is 11.7. The van der Waals surface area contributed by atoms with Crippen molar-refractivity contribution in [2.75, 3.05) is 7.11 Å². The van der Waals surface area contributed by atoms with Gasteiger partial charge in [-0.1, -0.05) is 65.3 Å². The number of methoxy groups -OCH3 is 1. The first-order valence-corrected chi connectivity index (χ1v) is 18.8. The SMILES string of the molecule is CC/C=C1/CC2(c3cc(=O)n(Cc4ccc(F)cc4)n3C)CCC3C(CCC4C(C)(CCC(C)OC)C(C)CCC34C)C2=C1C(C)C. The average Bonchev–Trinajstić information content (AvgIpc) is 3.53. The van der Waals surface area contributed by atoms with Crippen molar-refractivity contribution >= 4 is 0 Å². The highest BCUT2D eigenvalue weighted by Crippen LogP contribution is 2.71. The van der Waals surface area contributed by atoms with E-state index in [0.717, 1.165) is 43.1 Å². The normalized spacial score (nSPS) is 35.3. The predicted octanol–water partition coefficient (Wildman–Crippen LogP) is 10.00. The molecule has 8 unspecified atom stereocenters. The molecule has 5 heteroatoms. The number of benzene rings is 1. The molecule has 6 rings (SSSR count). The summed E-state index contributed by atoms with van der Waals surface area (Å²) in [6.45, 7) is 17.6. The second-order valence-electron chi connectivity index (χ2n) is 16.9. The van der Waals surface area contributed by atoms with Crippen LogP contribution in [0, 0.1) is 46.2 Å². The van der Waals surface area contributed by atoms with Crippen LogP contribution in [0.4, 0.5) is 4.39 Å². The Kier molecular flexibility index (Phi) is 9.39. The van der Waals surface area contributed by atoms with Gasteiger partial charge >= 0.3 is 0 Å². The van der Waals surface area contributed by atoms with E-state index in [4.69, 9.17) is 4.74 Å². The van der Waals surface area contributed by atoms with Gasteiger partial charge in [-0.2, -0.15) is 0 Å². The summed E-state index contributed by atoms with van der Waals surface area (Å²) in [7, 11) is 3.94. The van der Waals surface area contributed by atoms with Crippen molar-refractivity contribution in [3.63, 3.8) is 0 Å². The summed E-state index contributed by atoms with van der Waals surface area (Å²) >= 11 is 0. The first kappa shape index (κ1) is 34.5. The van der Waals surface area contributed by atoms with Gasteiger partial charge in [0.1, 0.15) is 5.82 Å². The summed E-state index contributed by atoms with van der Waals surface area (Å²) in [6.07, 6.45) is 14.7. The van der Waals surface area contributed by atoms with Crippen LogP contribution in [0.1, 0.15) is 124 Å². The minimum atomic E-state index is -0.248. The Morgan fingerprint density at radius 1 is 1.06 bits per heavy atom. The topological polar surface area (TPSA) is 36.2 Å². The second-order valence-corrected chi connectivity index (χ2v) is 16.9. The summed E-state index contributed by atoms with van der Waals surface area (Å²) in [6, 6.07) is 8.54.